The van der Waals surface area contributed by atoms with Crippen molar-refractivity contribution >= 4 is 28.0 Å². The number of carbonyl (C=O) groups excluding carboxylic acids is 1. The molecule has 0 aliphatic carbocycles. The summed E-state index contributed by atoms with van der Waals surface area (Å²) in [4.78, 5) is 12.3. The minimum absolute atomic E-state index is 0.0770. The number of hydrogen-bond donors (Lipinski definition) is 0. The fourth-order valence-corrected chi connectivity index (χ4v) is 3.46. The Labute approximate surface area is 153 Å². The molecular weight excluding hydrogens is 354 g/mol. The molecular formula is C19H19NO5S. The molecule has 0 aliphatic rings. The molecule has 7 heteroatoms. The number of esters is 1. The molecule has 0 amide bonds. The van der Waals surface area contributed by atoms with Crippen molar-refractivity contribution in [3.05, 3.63) is 59.8 Å². The minimum Gasteiger partial charge on any atom is -0.497 e. The summed E-state index contributed by atoms with van der Waals surface area (Å²) in [6.07, 6.45) is 1.72. The molecule has 0 radical (unpaired) electrons. The Bertz CT molecular complexity index is 979. The fourth-order valence-electron chi connectivity index (χ4n) is 2.64. The molecule has 0 spiro atoms. The van der Waals surface area contributed by atoms with Crippen LogP contribution in [0.1, 0.15) is 11.1 Å². The van der Waals surface area contributed by atoms with Gasteiger partial charge in [0.1, 0.15) is 5.75 Å². The third-order valence-corrected chi connectivity index (χ3v) is 4.89. The average Bonchev–Trinajstić information content (AvgIpc) is 2.98. The zero-order chi connectivity index (χ0) is 18.7. The molecule has 0 fully saturated rings. The lowest BCUT2D eigenvalue weighted by Gasteiger charge is -2.07. The minimum atomic E-state index is -1.69. The van der Waals surface area contributed by atoms with E-state index in [0.717, 1.165) is 10.9 Å². The molecule has 0 bridgehead atoms. The summed E-state index contributed by atoms with van der Waals surface area (Å²) in [6, 6.07) is 12.7. The Kier molecular flexibility index (Phi) is 5.27. The van der Waals surface area contributed by atoms with Gasteiger partial charge in [0.2, 0.25) is 0 Å². The van der Waals surface area contributed by atoms with Crippen LogP contribution >= 0.6 is 0 Å². The normalized spacial score (nSPS) is 12.0. The summed E-state index contributed by atoms with van der Waals surface area (Å²) in [7, 11) is 2.91. The summed E-state index contributed by atoms with van der Waals surface area (Å²) in [5.74, 6) is 0.285. The van der Waals surface area contributed by atoms with E-state index in [-0.39, 0.29) is 12.4 Å². The van der Waals surface area contributed by atoms with Crippen molar-refractivity contribution in [2.75, 3.05) is 14.2 Å². The molecule has 6 nitrogen and oxygen atoms in total. The van der Waals surface area contributed by atoms with Crippen molar-refractivity contribution in [3.8, 4) is 5.75 Å². The first kappa shape index (κ1) is 18.0. The van der Waals surface area contributed by atoms with Crippen LogP contribution in [0.25, 0.3) is 10.9 Å². The van der Waals surface area contributed by atoms with Crippen molar-refractivity contribution in [1.29, 1.82) is 0 Å². The summed E-state index contributed by atoms with van der Waals surface area (Å²) >= 11 is -1.69. The molecule has 3 aromatic rings. The lowest BCUT2D eigenvalue weighted by Crippen LogP contribution is -2.13. The van der Waals surface area contributed by atoms with Crippen LogP contribution in [0, 0.1) is 6.92 Å². The number of hydrogen-bond acceptors (Lipinski definition) is 5. The predicted octanol–water partition coefficient (Wildman–Crippen LogP) is 2.83. The molecule has 1 atom stereocenters. The van der Waals surface area contributed by atoms with Crippen LogP contribution in [0.4, 0.5) is 0 Å². The van der Waals surface area contributed by atoms with Crippen LogP contribution in [0.3, 0.4) is 0 Å². The number of nitrogens with zero attached hydrogens (tertiary/aromatic N) is 1. The summed E-state index contributed by atoms with van der Waals surface area (Å²) in [5.41, 5.74) is 2.38. The molecule has 3 rings (SSSR count). The quantitative estimate of drug-likeness (QED) is 0.622. The second kappa shape index (κ2) is 7.61. The number of methoxy groups -OCH3 is 2. The first-order chi connectivity index (χ1) is 12.5. The van der Waals surface area contributed by atoms with E-state index >= 15 is 0 Å². The first-order valence-electron chi connectivity index (χ1n) is 7.94. The Morgan fingerprint density at radius 1 is 1.15 bits per heavy atom. The molecule has 0 saturated heterocycles. The molecule has 1 heterocycles. The fraction of sp³-hybridized carbons (Fsp3) is 0.211. The first-order valence-corrected chi connectivity index (χ1v) is 9.01. The number of fused-ring (bicyclic) bond motifs is 1. The van der Waals surface area contributed by atoms with Crippen molar-refractivity contribution < 1.29 is 22.8 Å². The van der Waals surface area contributed by atoms with E-state index in [1.165, 1.54) is 11.8 Å². The average molecular weight is 373 g/mol. The third-order valence-electron chi connectivity index (χ3n) is 3.95. The molecule has 26 heavy (non-hydrogen) atoms. The van der Waals surface area contributed by atoms with Gasteiger partial charge in [-0.3, -0.25) is 4.79 Å². The highest BCUT2D eigenvalue weighted by Crippen LogP contribution is 2.26. The van der Waals surface area contributed by atoms with Gasteiger partial charge in [0, 0.05) is 5.39 Å². The molecule has 136 valence electrons. The Morgan fingerprint density at radius 3 is 2.65 bits per heavy atom. The molecule has 0 N–H and O–H groups in total. The van der Waals surface area contributed by atoms with E-state index in [0.29, 0.717) is 21.7 Å². The molecule has 2 aromatic carbocycles. The largest absolute Gasteiger partial charge is 0.497 e. The summed E-state index contributed by atoms with van der Waals surface area (Å²) in [6.45, 7) is 1.92. The Hall–Kier alpha value is -2.80. The van der Waals surface area contributed by atoms with Crippen LogP contribution in [0.15, 0.2) is 53.6 Å². The van der Waals surface area contributed by atoms with Gasteiger partial charge in [-0.25, -0.2) is 4.21 Å². The van der Waals surface area contributed by atoms with E-state index in [1.807, 2.05) is 25.1 Å². The van der Waals surface area contributed by atoms with Crippen LogP contribution in [0.5, 0.6) is 5.75 Å². The van der Waals surface area contributed by atoms with Crippen molar-refractivity contribution in [2.45, 2.75) is 18.2 Å². The van der Waals surface area contributed by atoms with E-state index in [2.05, 4.69) is 0 Å². The smallest absolute Gasteiger partial charge is 0.310 e. The lowest BCUT2D eigenvalue weighted by molar-refractivity contribution is -0.139. The van der Waals surface area contributed by atoms with Crippen LogP contribution < -0.4 is 9.02 Å². The van der Waals surface area contributed by atoms with Crippen molar-refractivity contribution in [2.24, 2.45) is 0 Å². The van der Waals surface area contributed by atoms with Gasteiger partial charge in [0.25, 0.3) is 11.1 Å². The van der Waals surface area contributed by atoms with Gasteiger partial charge < -0.3 is 13.8 Å². The maximum Gasteiger partial charge on any atom is 0.310 e. The standard InChI is InChI=1S/C19H19NO5S/c1-13-5-4-6-16(9-13)26(22)25-20-12-14(10-19(21)24-3)17-11-15(23-2)7-8-18(17)20/h4-9,11-12H,10H2,1-3H3. The molecule has 1 unspecified atom stereocenters. The summed E-state index contributed by atoms with van der Waals surface area (Å²) < 4.78 is 29.6. The number of aryl methyl sites for hydroxylation is 1. The van der Waals surface area contributed by atoms with Crippen molar-refractivity contribution in [3.63, 3.8) is 0 Å². The van der Waals surface area contributed by atoms with E-state index in [1.54, 1.807) is 37.6 Å². The maximum atomic E-state index is 12.6. The second-order valence-electron chi connectivity index (χ2n) is 5.74. The van der Waals surface area contributed by atoms with Gasteiger partial charge in [-0.15, -0.1) is 0 Å². The topological polar surface area (TPSA) is 66.8 Å². The molecule has 0 aliphatic heterocycles. The third kappa shape index (κ3) is 3.72. The number of aromatic nitrogens is 1. The van der Waals surface area contributed by atoms with E-state index in [4.69, 9.17) is 13.8 Å². The van der Waals surface area contributed by atoms with E-state index < -0.39 is 11.1 Å². The maximum absolute atomic E-state index is 12.6. The van der Waals surface area contributed by atoms with Crippen molar-refractivity contribution in [1.82, 2.24) is 4.73 Å². The predicted molar refractivity (Wildman–Crippen MR) is 98.4 cm³/mol. The Balaban J connectivity index is 1.99. The SMILES string of the molecule is COC(=O)Cc1cn(OS(=O)c2cccc(C)c2)c2ccc(OC)cc12. The van der Waals surface area contributed by atoms with Crippen LogP contribution in [-0.4, -0.2) is 29.1 Å². The highest BCUT2D eigenvalue weighted by Gasteiger charge is 2.16. The van der Waals surface area contributed by atoms with Gasteiger partial charge in [-0.2, -0.15) is 4.73 Å². The molecule has 1 aromatic heterocycles. The van der Waals surface area contributed by atoms with Crippen LogP contribution in [0.2, 0.25) is 0 Å². The molecule has 0 saturated carbocycles. The number of rotatable bonds is 6. The number of ether oxygens (including phenoxy) is 2. The second-order valence-corrected chi connectivity index (χ2v) is 6.83. The number of benzene rings is 2. The Morgan fingerprint density at radius 2 is 1.96 bits per heavy atom. The highest BCUT2D eigenvalue weighted by atomic mass is 32.2. The van der Waals surface area contributed by atoms with Gasteiger partial charge in [0.15, 0.2) is 0 Å². The lowest BCUT2D eigenvalue weighted by atomic mass is 10.1. The van der Waals surface area contributed by atoms with E-state index in [9.17, 15) is 9.00 Å². The van der Waals surface area contributed by atoms with Gasteiger partial charge in [-0.1, -0.05) is 12.1 Å². The summed E-state index contributed by atoms with van der Waals surface area (Å²) in [5, 5.41) is 0.774. The van der Waals surface area contributed by atoms with Gasteiger partial charge in [0.05, 0.1) is 37.2 Å². The highest BCUT2D eigenvalue weighted by molar-refractivity contribution is 7.80. The zero-order valence-corrected chi connectivity index (χ0v) is 15.5. The monoisotopic (exact) mass is 373 g/mol. The zero-order valence-electron chi connectivity index (χ0n) is 14.7. The number of carbonyl (C=O) groups is 1. The van der Waals surface area contributed by atoms with Crippen LogP contribution in [-0.2, 0) is 27.0 Å². The van der Waals surface area contributed by atoms with Gasteiger partial charge in [-0.05, 0) is 48.4 Å². The van der Waals surface area contributed by atoms with Gasteiger partial charge >= 0.3 is 5.97 Å².